The molecule has 1 atom stereocenters. The summed E-state index contributed by atoms with van der Waals surface area (Å²) >= 11 is 0. The molecular weight excluding hydrogens is 328 g/mol. The van der Waals surface area contributed by atoms with Crippen molar-refractivity contribution in [3.8, 4) is 0 Å². The Morgan fingerprint density at radius 2 is 1.88 bits per heavy atom. The molecule has 1 aromatic rings. The van der Waals surface area contributed by atoms with Crippen LogP contribution in [0.3, 0.4) is 0 Å². The Hall–Kier alpha value is -1.60. The van der Waals surface area contributed by atoms with Gasteiger partial charge in [-0.25, -0.2) is 13.2 Å². The number of hydrogen-bond acceptors (Lipinski definition) is 4. The number of benzene rings is 1. The second-order valence-corrected chi connectivity index (χ2v) is 9.10. The quantitative estimate of drug-likeness (QED) is 0.905. The van der Waals surface area contributed by atoms with Crippen molar-refractivity contribution in [1.29, 1.82) is 0 Å². The molecule has 24 heavy (non-hydrogen) atoms. The topological polar surface area (TPSA) is 75.7 Å². The molecule has 134 valence electrons. The third kappa shape index (κ3) is 4.95. The normalized spacial score (nSPS) is 19.8. The third-order valence-electron chi connectivity index (χ3n) is 3.76. The van der Waals surface area contributed by atoms with Gasteiger partial charge in [-0.2, -0.15) is 4.31 Å². The van der Waals surface area contributed by atoms with Crippen LogP contribution < -0.4 is 5.32 Å². The molecule has 0 bridgehead atoms. The molecule has 0 saturated carbocycles. The zero-order chi connectivity index (χ0) is 18.0. The van der Waals surface area contributed by atoms with Gasteiger partial charge in [0.2, 0.25) is 10.0 Å². The molecule has 0 aromatic heterocycles. The van der Waals surface area contributed by atoms with E-state index in [1.807, 2.05) is 6.92 Å². The molecule has 1 amide bonds. The number of sulfonamides is 1. The first-order valence-corrected chi connectivity index (χ1v) is 9.58. The minimum absolute atomic E-state index is 0.242. The van der Waals surface area contributed by atoms with E-state index >= 15 is 0 Å². The zero-order valence-electron chi connectivity index (χ0n) is 14.7. The van der Waals surface area contributed by atoms with E-state index in [0.717, 1.165) is 12.0 Å². The van der Waals surface area contributed by atoms with Crippen LogP contribution in [-0.2, 0) is 14.8 Å². The molecule has 1 fully saturated rings. The van der Waals surface area contributed by atoms with Crippen LogP contribution in [-0.4, -0.2) is 43.5 Å². The van der Waals surface area contributed by atoms with Gasteiger partial charge >= 0.3 is 6.09 Å². The average Bonchev–Trinajstić information content (AvgIpc) is 2.46. The number of piperidine rings is 1. The van der Waals surface area contributed by atoms with Gasteiger partial charge in [-0.3, -0.25) is 0 Å². The molecule has 1 aliphatic rings. The number of aryl methyl sites for hydroxylation is 1. The van der Waals surface area contributed by atoms with E-state index < -0.39 is 21.7 Å². The van der Waals surface area contributed by atoms with E-state index in [1.165, 1.54) is 4.31 Å². The van der Waals surface area contributed by atoms with Gasteiger partial charge in [0, 0.05) is 19.1 Å². The fourth-order valence-electron chi connectivity index (χ4n) is 2.61. The summed E-state index contributed by atoms with van der Waals surface area (Å²) in [4.78, 5) is 12.2. The molecule has 1 aliphatic heterocycles. The first-order valence-electron chi connectivity index (χ1n) is 8.14. The Bertz CT molecular complexity index is 678. The maximum atomic E-state index is 12.7. The van der Waals surface area contributed by atoms with Crippen molar-refractivity contribution in [2.45, 2.75) is 57.1 Å². The van der Waals surface area contributed by atoms with E-state index in [2.05, 4.69) is 5.32 Å². The highest BCUT2D eigenvalue weighted by atomic mass is 32.2. The van der Waals surface area contributed by atoms with Crippen LogP contribution in [0.15, 0.2) is 29.2 Å². The number of alkyl carbamates (subject to hydrolysis) is 1. The number of nitrogens with one attached hydrogen (secondary N) is 1. The minimum Gasteiger partial charge on any atom is -0.444 e. The number of carbonyl (C=O) groups excluding carboxylic acids is 1. The first-order chi connectivity index (χ1) is 11.1. The predicted molar refractivity (Wildman–Crippen MR) is 92.3 cm³/mol. The Morgan fingerprint density at radius 1 is 1.25 bits per heavy atom. The van der Waals surface area contributed by atoms with Crippen LogP contribution >= 0.6 is 0 Å². The third-order valence-corrected chi connectivity index (χ3v) is 5.64. The maximum Gasteiger partial charge on any atom is 0.407 e. The van der Waals surface area contributed by atoms with Crippen molar-refractivity contribution in [1.82, 2.24) is 9.62 Å². The smallest absolute Gasteiger partial charge is 0.407 e. The van der Waals surface area contributed by atoms with Gasteiger partial charge in [-0.05, 0) is 52.7 Å². The number of amides is 1. The van der Waals surface area contributed by atoms with Crippen LogP contribution in [0.2, 0.25) is 0 Å². The number of nitrogens with zero attached hydrogens (tertiary/aromatic N) is 1. The SMILES string of the molecule is Cc1ccc(S(=O)(=O)N2CCCC(NC(=O)OC(C)(C)C)C2)cc1. The summed E-state index contributed by atoms with van der Waals surface area (Å²) in [6.45, 7) is 8.01. The fraction of sp³-hybridized carbons (Fsp3) is 0.588. The minimum atomic E-state index is -3.54. The lowest BCUT2D eigenvalue weighted by Crippen LogP contribution is -2.50. The van der Waals surface area contributed by atoms with Gasteiger partial charge in [0.05, 0.1) is 4.90 Å². The van der Waals surface area contributed by atoms with Gasteiger partial charge < -0.3 is 10.1 Å². The molecule has 6 nitrogen and oxygen atoms in total. The van der Waals surface area contributed by atoms with Crippen molar-refractivity contribution in [2.75, 3.05) is 13.1 Å². The lowest BCUT2D eigenvalue weighted by atomic mass is 10.1. The molecule has 7 heteroatoms. The second-order valence-electron chi connectivity index (χ2n) is 7.16. The molecule has 2 rings (SSSR count). The number of ether oxygens (including phenoxy) is 1. The molecule has 1 N–H and O–H groups in total. The van der Waals surface area contributed by atoms with Crippen molar-refractivity contribution in [3.63, 3.8) is 0 Å². The van der Waals surface area contributed by atoms with E-state index in [0.29, 0.717) is 13.0 Å². The molecule has 1 heterocycles. The summed E-state index contributed by atoms with van der Waals surface area (Å²) in [6, 6.07) is 6.57. The van der Waals surface area contributed by atoms with Gasteiger partial charge in [0.1, 0.15) is 5.60 Å². The van der Waals surface area contributed by atoms with Crippen LogP contribution in [0.1, 0.15) is 39.2 Å². The number of carbonyl (C=O) groups is 1. The highest BCUT2D eigenvalue weighted by Crippen LogP contribution is 2.21. The van der Waals surface area contributed by atoms with Gasteiger partial charge in [-0.15, -0.1) is 0 Å². The van der Waals surface area contributed by atoms with Crippen LogP contribution in [0.25, 0.3) is 0 Å². The van der Waals surface area contributed by atoms with Gasteiger partial charge in [-0.1, -0.05) is 17.7 Å². The van der Waals surface area contributed by atoms with Crippen molar-refractivity contribution in [2.24, 2.45) is 0 Å². The molecule has 1 unspecified atom stereocenters. The van der Waals surface area contributed by atoms with Crippen molar-refractivity contribution < 1.29 is 17.9 Å². The molecule has 1 aromatic carbocycles. The lowest BCUT2D eigenvalue weighted by Gasteiger charge is -2.32. The van der Waals surface area contributed by atoms with E-state index in [4.69, 9.17) is 4.74 Å². The monoisotopic (exact) mass is 354 g/mol. The lowest BCUT2D eigenvalue weighted by molar-refractivity contribution is 0.0487. The summed E-state index contributed by atoms with van der Waals surface area (Å²) < 4.78 is 32.2. The summed E-state index contributed by atoms with van der Waals surface area (Å²) in [5, 5.41) is 2.77. The molecule has 0 aliphatic carbocycles. The van der Waals surface area contributed by atoms with Crippen molar-refractivity contribution >= 4 is 16.1 Å². The summed E-state index contributed by atoms with van der Waals surface area (Å²) in [7, 11) is -3.54. The maximum absolute atomic E-state index is 12.7. The second kappa shape index (κ2) is 7.11. The Balaban J connectivity index is 2.04. The van der Waals surface area contributed by atoms with Crippen LogP contribution in [0.4, 0.5) is 4.79 Å². The predicted octanol–water partition coefficient (Wildman–Crippen LogP) is 2.67. The van der Waals surface area contributed by atoms with Crippen molar-refractivity contribution in [3.05, 3.63) is 29.8 Å². The Morgan fingerprint density at radius 3 is 2.46 bits per heavy atom. The van der Waals surface area contributed by atoms with Gasteiger partial charge in [0.25, 0.3) is 0 Å². The van der Waals surface area contributed by atoms with E-state index in [9.17, 15) is 13.2 Å². The number of rotatable bonds is 3. The zero-order valence-corrected chi connectivity index (χ0v) is 15.5. The first kappa shape index (κ1) is 18.7. The largest absolute Gasteiger partial charge is 0.444 e. The Labute approximate surface area is 144 Å². The highest BCUT2D eigenvalue weighted by Gasteiger charge is 2.31. The molecular formula is C17H26N2O4S. The van der Waals surface area contributed by atoms with E-state index in [-0.39, 0.29) is 17.5 Å². The molecule has 0 spiro atoms. The number of hydrogen-bond donors (Lipinski definition) is 1. The average molecular weight is 354 g/mol. The van der Waals surface area contributed by atoms with E-state index in [1.54, 1.807) is 45.0 Å². The summed E-state index contributed by atoms with van der Waals surface area (Å²) in [6.07, 6.45) is 0.923. The Kier molecular flexibility index (Phi) is 5.55. The summed E-state index contributed by atoms with van der Waals surface area (Å²) in [5.74, 6) is 0. The standard InChI is InChI=1S/C17H26N2O4S/c1-13-7-9-15(10-8-13)24(21,22)19-11-5-6-14(12-19)18-16(20)23-17(2,3)4/h7-10,14H,5-6,11-12H2,1-4H3,(H,18,20). The molecule has 1 saturated heterocycles. The summed E-state index contributed by atoms with van der Waals surface area (Å²) in [5.41, 5.74) is 0.434. The van der Waals surface area contributed by atoms with Crippen LogP contribution in [0.5, 0.6) is 0 Å². The molecule has 0 radical (unpaired) electrons. The van der Waals surface area contributed by atoms with Gasteiger partial charge in [0.15, 0.2) is 0 Å². The fourth-order valence-corrected chi connectivity index (χ4v) is 4.14. The highest BCUT2D eigenvalue weighted by molar-refractivity contribution is 7.89. The van der Waals surface area contributed by atoms with Crippen LogP contribution in [0, 0.1) is 6.92 Å².